The highest BCUT2D eigenvalue weighted by molar-refractivity contribution is 5.77. The van der Waals surface area contributed by atoms with Crippen LogP contribution in [0.1, 0.15) is 220 Å². The number of unbranched alkanes of at least 4 members (excludes halogenated alkanes) is 20. The Balaban J connectivity index is 4.67. The summed E-state index contributed by atoms with van der Waals surface area (Å²) in [5.41, 5.74) is 0. The zero-order valence-corrected chi connectivity index (χ0v) is 35.6. The number of aliphatic hydroxyl groups is 2. The molecule has 0 spiro atoms. The van der Waals surface area contributed by atoms with E-state index in [9.17, 15) is 19.8 Å². The fourth-order valence-electron chi connectivity index (χ4n) is 6.67. The Hall–Kier alpha value is -2.18. The van der Waals surface area contributed by atoms with Gasteiger partial charge >= 0.3 is 5.97 Å². The zero-order chi connectivity index (χ0) is 39.6. The number of nitrogens with one attached hydrogen (secondary N) is 1. The molecular weight excluding hydrogens is 671 g/mol. The topological polar surface area (TPSA) is 95.9 Å². The lowest BCUT2D eigenvalue weighted by Gasteiger charge is -2.24. The van der Waals surface area contributed by atoms with Gasteiger partial charge in [0.05, 0.1) is 25.2 Å². The van der Waals surface area contributed by atoms with E-state index in [4.69, 9.17) is 4.74 Å². The summed E-state index contributed by atoms with van der Waals surface area (Å²) in [6.07, 6.45) is 48.9. The quantitative estimate of drug-likeness (QED) is 0.0329. The first kappa shape index (κ1) is 51.8. The van der Waals surface area contributed by atoms with E-state index in [-0.39, 0.29) is 24.9 Å². The van der Waals surface area contributed by atoms with Crippen LogP contribution in [0, 0.1) is 0 Å². The summed E-state index contributed by atoms with van der Waals surface area (Å²) in [4.78, 5) is 25.9. The van der Waals surface area contributed by atoms with Crippen molar-refractivity contribution in [2.24, 2.45) is 0 Å². The van der Waals surface area contributed by atoms with Crippen LogP contribution in [0.15, 0.2) is 48.6 Å². The average Bonchev–Trinajstić information content (AvgIpc) is 3.16. The molecule has 314 valence electrons. The summed E-state index contributed by atoms with van der Waals surface area (Å²) in [6, 6.07) is -0.714. The average molecular weight is 758 g/mol. The van der Waals surface area contributed by atoms with Gasteiger partial charge < -0.3 is 20.3 Å². The molecule has 0 saturated carbocycles. The molecule has 0 aliphatic heterocycles. The van der Waals surface area contributed by atoms with Gasteiger partial charge in [-0.2, -0.15) is 0 Å². The van der Waals surface area contributed by atoms with Crippen molar-refractivity contribution in [2.45, 2.75) is 238 Å². The number of amides is 1. The highest BCUT2D eigenvalue weighted by Gasteiger charge is 2.24. The molecule has 3 atom stereocenters. The maximum Gasteiger partial charge on any atom is 0.306 e. The van der Waals surface area contributed by atoms with Gasteiger partial charge in [-0.05, 0) is 83.5 Å². The van der Waals surface area contributed by atoms with Gasteiger partial charge in [0.25, 0.3) is 0 Å². The van der Waals surface area contributed by atoms with Gasteiger partial charge in [-0.3, -0.25) is 9.59 Å². The molecular formula is C48H87NO5. The van der Waals surface area contributed by atoms with Crippen LogP contribution in [-0.2, 0) is 14.3 Å². The Labute approximate surface area is 334 Å². The summed E-state index contributed by atoms with van der Waals surface area (Å²) in [5.74, 6) is -0.534. The van der Waals surface area contributed by atoms with E-state index in [2.05, 4.69) is 74.7 Å². The Bertz CT molecular complexity index is 941. The Kier molecular flexibility index (Phi) is 40.3. The number of aliphatic hydroxyl groups excluding tert-OH is 2. The van der Waals surface area contributed by atoms with Crippen molar-refractivity contribution in [1.82, 2.24) is 5.32 Å². The normalized spacial score (nSPS) is 13.8. The van der Waals surface area contributed by atoms with Crippen LogP contribution in [0.3, 0.4) is 0 Å². The van der Waals surface area contributed by atoms with Crippen molar-refractivity contribution in [3.63, 3.8) is 0 Å². The smallest absolute Gasteiger partial charge is 0.306 e. The molecule has 1 amide bonds. The molecule has 0 heterocycles. The predicted octanol–water partition coefficient (Wildman–Crippen LogP) is 13.1. The summed E-state index contributed by atoms with van der Waals surface area (Å²) in [7, 11) is 0. The van der Waals surface area contributed by atoms with Crippen LogP contribution in [0.5, 0.6) is 0 Å². The van der Waals surface area contributed by atoms with E-state index in [1.54, 1.807) is 0 Å². The molecule has 0 bridgehead atoms. The van der Waals surface area contributed by atoms with E-state index < -0.39 is 18.2 Å². The molecule has 0 aliphatic carbocycles. The third-order valence-electron chi connectivity index (χ3n) is 10.1. The van der Waals surface area contributed by atoms with E-state index >= 15 is 0 Å². The molecule has 54 heavy (non-hydrogen) atoms. The molecule has 6 nitrogen and oxygen atoms in total. The van der Waals surface area contributed by atoms with Crippen molar-refractivity contribution >= 4 is 11.9 Å². The number of hydrogen-bond acceptors (Lipinski definition) is 5. The van der Waals surface area contributed by atoms with E-state index in [0.29, 0.717) is 19.3 Å². The minimum Gasteiger partial charge on any atom is -0.462 e. The minimum absolute atomic E-state index is 0.0453. The van der Waals surface area contributed by atoms with Crippen molar-refractivity contribution in [3.8, 4) is 0 Å². The highest BCUT2D eigenvalue weighted by atomic mass is 16.5. The number of esters is 1. The lowest BCUT2D eigenvalue weighted by atomic mass is 10.0. The van der Waals surface area contributed by atoms with Gasteiger partial charge in [0, 0.05) is 6.42 Å². The van der Waals surface area contributed by atoms with Crippen LogP contribution in [0.2, 0.25) is 0 Å². The first-order valence-electron chi connectivity index (χ1n) is 22.9. The lowest BCUT2D eigenvalue weighted by molar-refractivity contribution is -0.151. The number of rotatable bonds is 40. The summed E-state index contributed by atoms with van der Waals surface area (Å²) in [5, 5.41) is 23.6. The van der Waals surface area contributed by atoms with Crippen LogP contribution in [-0.4, -0.2) is 46.9 Å². The van der Waals surface area contributed by atoms with Crippen LogP contribution in [0.25, 0.3) is 0 Å². The monoisotopic (exact) mass is 758 g/mol. The van der Waals surface area contributed by atoms with Crippen molar-refractivity contribution in [1.29, 1.82) is 0 Å². The zero-order valence-electron chi connectivity index (χ0n) is 35.6. The van der Waals surface area contributed by atoms with Gasteiger partial charge in [0.2, 0.25) is 5.91 Å². The van der Waals surface area contributed by atoms with Crippen molar-refractivity contribution in [3.05, 3.63) is 48.6 Å². The maximum atomic E-state index is 13.1. The molecule has 0 aromatic heterocycles. The van der Waals surface area contributed by atoms with Crippen molar-refractivity contribution < 1.29 is 24.5 Å². The number of hydrogen-bond donors (Lipinski definition) is 3. The first-order valence-corrected chi connectivity index (χ1v) is 22.9. The second-order valence-electron chi connectivity index (χ2n) is 15.4. The minimum atomic E-state index is -0.797. The van der Waals surface area contributed by atoms with Crippen molar-refractivity contribution in [2.75, 3.05) is 6.61 Å². The highest BCUT2D eigenvalue weighted by Crippen LogP contribution is 2.16. The Morgan fingerprint density at radius 1 is 0.556 bits per heavy atom. The van der Waals surface area contributed by atoms with Gasteiger partial charge in [0.15, 0.2) is 0 Å². The summed E-state index contributed by atoms with van der Waals surface area (Å²) < 4.78 is 5.87. The number of carbonyl (C=O) groups excluding carboxylic acids is 2. The Morgan fingerprint density at radius 2 is 1.00 bits per heavy atom. The third kappa shape index (κ3) is 36.8. The first-order chi connectivity index (χ1) is 26.5. The molecule has 3 unspecified atom stereocenters. The van der Waals surface area contributed by atoms with Gasteiger partial charge in [0.1, 0.15) is 6.10 Å². The maximum absolute atomic E-state index is 13.1. The van der Waals surface area contributed by atoms with E-state index in [1.807, 2.05) is 0 Å². The van der Waals surface area contributed by atoms with E-state index in [1.165, 1.54) is 83.5 Å². The fraction of sp³-hybridized carbons (Fsp3) is 0.792. The van der Waals surface area contributed by atoms with Crippen LogP contribution < -0.4 is 5.32 Å². The summed E-state index contributed by atoms with van der Waals surface area (Å²) >= 11 is 0. The SMILES string of the molecule is CC/C=C/C/C=C/C/C=C/CCCCC(CC(=O)NC(CO)C(O)CCCCCCCCCCC)OC(=O)CCCCC/C=C\CCCCCCCCC. The molecule has 0 aromatic carbocycles. The molecule has 0 radical (unpaired) electrons. The van der Waals surface area contributed by atoms with Gasteiger partial charge in [-0.25, -0.2) is 0 Å². The van der Waals surface area contributed by atoms with E-state index in [0.717, 1.165) is 89.9 Å². The van der Waals surface area contributed by atoms with Crippen LogP contribution >= 0.6 is 0 Å². The number of allylic oxidation sites excluding steroid dienone is 8. The standard InChI is InChI=1S/C48H87NO5/c1-4-7-10-13-16-19-21-23-24-26-29-32-35-38-41-48(53)54-44(39-36-33-30-28-25-22-20-17-14-11-8-5-2)42-47(52)49-45(43-50)46(51)40-37-34-31-27-18-15-12-9-6-3/h8,11,17,20,24-26,28,44-46,50-51H,4-7,9-10,12-16,18-19,21-23,27,29-43H2,1-3H3,(H,49,52)/b11-8+,20-17+,26-24-,28-25+. The lowest BCUT2D eigenvalue weighted by Crippen LogP contribution is -2.46. The fourth-order valence-corrected chi connectivity index (χ4v) is 6.67. The van der Waals surface area contributed by atoms with Crippen LogP contribution in [0.4, 0.5) is 0 Å². The molecule has 6 heteroatoms. The third-order valence-corrected chi connectivity index (χ3v) is 10.1. The predicted molar refractivity (Wildman–Crippen MR) is 232 cm³/mol. The van der Waals surface area contributed by atoms with Gasteiger partial charge in [-0.1, -0.05) is 172 Å². The molecule has 0 fully saturated rings. The Morgan fingerprint density at radius 3 is 1.56 bits per heavy atom. The largest absolute Gasteiger partial charge is 0.462 e. The number of carbonyl (C=O) groups is 2. The molecule has 0 aliphatic rings. The second kappa shape index (κ2) is 42.0. The molecule has 0 rings (SSSR count). The molecule has 0 aromatic rings. The second-order valence-corrected chi connectivity index (χ2v) is 15.4. The molecule has 0 saturated heterocycles. The number of ether oxygens (including phenoxy) is 1. The van der Waals surface area contributed by atoms with Gasteiger partial charge in [-0.15, -0.1) is 0 Å². The summed E-state index contributed by atoms with van der Waals surface area (Å²) in [6.45, 7) is 6.31. The molecule has 3 N–H and O–H groups in total.